The second-order valence-electron chi connectivity index (χ2n) is 6.08. The number of nitrogens with zero attached hydrogens (tertiary/aromatic N) is 4. The van der Waals surface area contributed by atoms with Crippen LogP contribution in [0.15, 0.2) is 61.2 Å². The lowest BCUT2D eigenvalue weighted by atomic mass is 10.1. The summed E-state index contributed by atoms with van der Waals surface area (Å²) in [5.41, 5.74) is 2.59. The molecule has 1 atom stereocenters. The largest absolute Gasteiger partial charge is 0.325 e. The zero-order valence-electron chi connectivity index (χ0n) is 14.6. The molecule has 26 heavy (non-hydrogen) atoms. The van der Waals surface area contributed by atoms with Gasteiger partial charge in [-0.1, -0.05) is 12.1 Å². The molecule has 0 fully saturated rings. The van der Waals surface area contributed by atoms with Crippen molar-refractivity contribution in [3.63, 3.8) is 0 Å². The van der Waals surface area contributed by atoms with Gasteiger partial charge in [0.1, 0.15) is 18.5 Å². The Hall–Kier alpha value is -3.06. The Morgan fingerprint density at radius 1 is 1.19 bits per heavy atom. The van der Waals surface area contributed by atoms with Crippen molar-refractivity contribution in [2.75, 3.05) is 18.9 Å². The molecule has 1 heterocycles. The highest BCUT2D eigenvalue weighted by atomic mass is 19.1. The van der Waals surface area contributed by atoms with Crippen molar-refractivity contribution in [1.82, 2.24) is 19.7 Å². The van der Waals surface area contributed by atoms with Gasteiger partial charge < -0.3 is 5.32 Å². The van der Waals surface area contributed by atoms with Crippen LogP contribution in [0.1, 0.15) is 18.5 Å². The Labute approximate surface area is 151 Å². The molecule has 3 rings (SSSR count). The van der Waals surface area contributed by atoms with Crippen LogP contribution in [0.3, 0.4) is 0 Å². The van der Waals surface area contributed by atoms with E-state index in [4.69, 9.17) is 0 Å². The van der Waals surface area contributed by atoms with E-state index in [1.54, 1.807) is 23.1 Å². The molecule has 134 valence electrons. The number of aromatic nitrogens is 3. The van der Waals surface area contributed by atoms with Gasteiger partial charge in [0.25, 0.3) is 0 Å². The number of rotatable bonds is 6. The first-order valence-corrected chi connectivity index (χ1v) is 8.23. The number of benzene rings is 2. The van der Waals surface area contributed by atoms with Crippen LogP contribution in [0.5, 0.6) is 0 Å². The topological polar surface area (TPSA) is 63.1 Å². The van der Waals surface area contributed by atoms with E-state index in [-0.39, 0.29) is 24.3 Å². The Kier molecular flexibility index (Phi) is 5.38. The van der Waals surface area contributed by atoms with E-state index < -0.39 is 0 Å². The summed E-state index contributed by atoms with van der Waals surface area (Å²) in [6.07, 6.45) is 3.13. The third-order valence-electron chi connectivity index (χ3n) is 4.24. The lowest BCUT2D eigenvalue weighted by Gasteiger charge is -2.24. The molecule has 0 bridgehead atoms. The first-order valence-electron chi connectivity index (χ1n) is 8.23. The summed E-state index contributed by atoms with van der Waals surface area (Å²) in [7, 11) is 1.89. The standard InChI is InChI=1S/C19H20FN5O/c1-14(15-3-9-18(10-4-15)25-13-21-12-22-25)24(2)11-19(26)23-17-7-5-16(20)6-8-17/h3-10,12-14H,11H2,1-2H3,(H,23,26)/t14-/m1/s1. The number of likely N-dealkylation sites (N-methyl/N-ethyl adjacent to an activating group) is 1. The maximum Gasteiger partial charge on any atom is 0.238 e. The van der Waals surface area contributed by atoms with Gasteiger partial charge in [-0.05, 0) is 55.9 Å². The minimum absolute atomic E-state index is 0.0544. The average Bonchev–Trinajstić information content (AvgIpc) is 3.18. The Balaban J connectivity index is 1.59. The molecule has 7 heteroatoms. The number of carbonyl (C=O) groups excluding carboxylic acids is 1. The van der Waals surface area contributed by atoms with E-state index in [0.29, 0.717) is 5.69 Å². The monoisotopic (exact) mass is 353 g/mol. The van der Waals surface area contributed by atoms with E-state index >= 15 is 0 Å². The van der Waals surface area contributed by atoms with E-state index in [2.05, 4.69) is 15.4 Å². The van der Waals surface area contributed by atoms with Crippen molar-refractivity contribution in [3.05, 3.63) is 72.6 Å². The molecule has 0 saturated carbocycles. The highest BCUT2D eigenvalue weighted by molar-refractivity contribution is 5.92. The molecule has 3 aromatic rings. The number of anilines is 1. The van der Waals surface area contributed by atoms with Gasteiger partial charge in [-0.2, -0.15) is 5.10 Å². The SMILES string of the molecule is C[C@H](c1ccc(-n2cncn2)cc1)N(C)CC(=O)Nc1ccc(F)cc1. The first kappa shape index (κ1) is 17.8. The zero-order chi connectivity index (χ0) is 18.5. The van der Waals surface area contributed by atoms with E-state index in [1.165, 1.54) is 18.5 Å². The highest BCUT2D eigenvalue weighted by Gasteiger charge is 2.15. The molecule has 0 aliphatic carbocycles. The summed E-state index contributed by atoms with van der Waals surface area (Å²) in [6, 6.07) is 13.7. The first-order chi connectivity index (χ1) is 12.5. The fourth-order valence-electron chi connectivity index (χ4n) is 2.60. The number of hydrogen-bond acceptors (Lipinski definition) is 4. The Morgan fingerprint density at radius 2 is 1.88 bits per heavy atom. The average molecular weight is 353 g/mol. The summed E-state index contributed by atoms with van der Waals surface area (Å²) in [5, 5.41) is 6.87. The van der Waals surface area contributed by atoms with Gasteiger partial charge in [-0.15, -0.1) is 0 Å². The summed E-state index contributed by atoms with van der Waals surface area (Å²) < 4.78 is 14.6. The fraction of sp³-hybridized carbons (Fsp3) is 0.211. The van der Waals surface area contributed by atoms with Gasteiger partial charge in [-0.3, -0.25) is 9.69 Å². The van der Waals surface area contributed by atoms with Crippen LogP contribution >= 0.6 is 0 Å². The molecular weight excluding hydrogens is 333 g/mol. The smallest absolute Gasteiger partial charge is 0.238 e. The van der Waals surface area contributed by atoms with Gasteiger partial charge in [0.05, 0.1) is 12.2 Å². The molecule has 0 unspecified atom stereocenters. The summed E-state index contributed by atoms with van der Waals surface area (Å²) in [6.45, 7) is 2.26. The molecule has 0 aliphatic rings. The second-order valence-corrected chi connectivity index (χ2v) is 6.08. The van der Waals surface area contributed by atoms with Crippen molar-refractivity contribution in [2.45, 2.75) is 13.0 Å². The normalized spacial score (nSPS) is 12.2. The van der Waals surface area contributed by atoms with Gasteiger partial charge in [0.2, 0.25) is 5.91 Å². The molecule has 0 spiro atoms. The second kappa shape index (κ2) is 7.88. The predicted octanol–water partition coefficient (Wildman–Crippen LogP) is 3.04. The maximum atomic E-state index is 12.9. The fourth-order valence-corrected chi connectivity index (χ4v) is 2.60. The van der Waals surface area contributed by atoms with E-state index in [9.17, 15) is 9.18 Å². The Morgan fingerprint density at radius 3 is 2.50 bits per heavy atom. The minimum Gasteiger partial charge on any atom is -0.325 e. The Bertz CT molecular complexity index is 847. The predicted molar refractivity (Wildman–Crippen MR) is 97.4 cm³/mol. The molecular formula is C19H20FN5O. The van der Waals surface area contributed by atoms with Crippen LogP contribution in [0.25, 0.3) is 5.69 Å². The number of hydrogen-bond donors (Lipinski definition) is 1. The molecule has 0 radical (unpaired) electrons. The van der Waals surface area contributed by atoms with Gasteiger partial charge >= 0.3 is 0 Å². The van der Waals surface area contributed by atoms with Crippen LogP contribution in [-0.2, 0) is 4.79 Å². The highest BCUT2D eigenvalue weighted by Crippen LogP contribution is 2.20. The number of amides is 1. The van der Waals surface area contributed by atoms with E-state index in [0.717, 1.165) is 11.3 Å². The number of nitrogens with one attached hydrogen (secondary N) is 1. The molecule has 1 amide bonds. The van der Waals surface area contributed by atoms with Gasteiger partial charge in [-0.25, -0.2) is 14.1 Å². The van der Waals surface area contributed by atoms with Crippen LogP contribution in [-0.4, -0.2) is 39.2 Å². The molecule has 1 N–H and O–H groups in total. The number of carbonyl (C=O) groups is 1. The minimum atomic E-state index is -0.330. The van der Waals surface area contributed by atoms with Crippen LogP contribution < -0.4 is 5.32 Å². The quantitative estimate of drug-likeness (QED) is 0.740. The molecule has 2 aromatic carbocycles. The molecule has 0 saturated heterocycles. The summed E-state index contributed by atoms with van der Waals surface area (Å²) in [4.78, 5) is 18.1. The summed E-state index contributed by atoms with van der Waals surface area (Å²) in [5.74, 6) is -0.478. The van der Waals surface area contributed by atoms with Crippen LogP contribution in [0.2, 0.25) is 0 Å². The number of halogens is 1. The lowest BCUT2D eigenvalue weighted by Crippen LogP contribution is -2.32. The van der Waals surface area contributed by atoms with Gasteiger partial charge in [0, 0.05) is 11.7 Å². The van der Waals surface area contributed by atoms with Gasteiger partial charge in [0.15, 0.2) is 0 Å². The molecule has 6 nitrogen and oxygen atoms in total. The van der Waals surface area contributed by atoms with Crippen molar-refractivity contribution in [2.24, 2.45) is 0 Å². The van der Waals surface area contributed by atoms with Crippen molar-refractivity contribution in [3.8, 4) is 5.69 Å². The maximum absolute atomic E-state index is 12.9. The van der Waals surface area contributed by atoms with Crippen LogP contribution in [0.4, 0.5) is 10.1 Å². The van der Waals surface area contributed by atoms with Crippen molar-refractivity contribution >= 4 is 11.6 Å². The van der Waals surface area contributed by atoms with Crippen molar-refractivity contribution < 1.29 is 9.18 Å². The molecule has 0 aliphatic heterocycles. The van der Waals surface area contributed by atoms with Crippen molar-refractivity contribution in [1.29, 1.82) is 0 Å². The third kappa shape index (κ3) is 4.31. The third-order valence-corrected chi connectivity index (χ3v) is 4.24. The molecule has 1 aromatic heterocycles. The lowest BCUT2D eigenvalue weighted by molar-refractivity contribution is -0.117. The summed E-state index contributed by atoms with van der Waals surface area (Å²) >= 11 is 0. The van der Waals surface area contributed by atoms with E-state index in [1.807, 2.05) is 43.1 Å². The zero-order valence-corrected chi connectivity index (χ0v) is 14.6. The van der Waals surface area contributed by atoms with Crippen LogP contribution in [0, 0.1) is 5.82 Å².